The van der Waals surface area contributed by atoms with Crippen LogP contribution in [0.25, 0.3) is 11.5 Å². The molecule has 0 saturated carbocycles. The molecule has 2 N–H and O–H groups in total. The Labute approximate surface area is 136 Å². The second-order valence-electron chi connectivity index (χ2n) is 6.05. The first kappa shape index (κ1) is 16.2. The standard InChI is InChI=1S/C16H21N3O3S/c17-23(20,21)12-13-6-8-19(9-7-13)11-15-10-18-16(22-15)14-4-2-1-3-5-14/h1-5,10,13H,6-9,11-12H2,(H2,17,20,21). The number of nitrogens with two attached hydrogens (primary N) is 1. The third kappa shape index (κ3) is 4.63. The van der Waals surface area contributed by atoms with Crippen LogP contribution in [-0.2, 0) is 16.6 Å². The lowest BCUT2D eigenvalue weighted by molar-refractivity contribution is 0.175. The highest BCUT2D eigenvalue weighted by Crippen LogP contribution is 2.22. The summed E-state index contributed by atoms with van der Waals surface area (Å²) in [5.41, 5.74) is 0.964. The molecule has 6 nitrogen and oxygen atoms in total. The molecule has 2 aromatic rings. The Morgan fingerprint density at radius 2 is 1.91 bits per heavy atom. The molecule has 23 heavy (non-hydrogen) atoms. The average Bonchev–Trinajstić information content (AvgIpc) is 2.97. The van der Waals surface area contributed by atoms with Gasteiger partial charge in [0.1, 0.15) is 5.76 Å². The first-order chi connectivity index (χ1) is 11.0. The number of piperidine rings is 1. The first-order valence-corrected chi connectivity index (χ1v) is 9.44. The van der Waals surface area contributed by atoms with Crippen molar-refractivity contribution in [3.05, 3.63) is 42.3 Å². The molecule has 0 amide bonds. The number of primary sulfonamides is 1. The largest absolute Gasteiger partial charge is 0.440 e. The van der Waals surface area contributed by atoms with E-state index in [-0.39, 0.29) is 11.7 Å². The maximum atomic E-state index is 11.2. The molecule has 1 aromatic heterocycles. The molecule has 0 unspecified atom stereocenters. The molecule has 1 fully saturated rings. The molecule has 0 aliphatic carbocycles. The second kappa shape index (κ2) is 6.82. The van der Waals surface area contributed by atoms with Gasteiger partial charge in [0.05, 0.1) is 18.5 Å². The van der Waals surface area contributed by atoms with Crippen LogP contribution in [0.1, 0.15) is 18.6 Å². The summed E-state index contributed by atoms with van der Waals surface area (Å²) in [7, 11) is -3.37. The Bertz CT molecular complexity index is 735. The monoisotopic (exact) mass is 335 g/mol. The number of oxazole rings is 1. The van der Waals surface area contributed by atoms with Gasteiger partial charge >= 0.3 is 0 Å². The second-order valence-corrected chi connectivity index (χ2v) is 7.71. The van der Waals surface area contributed by atoms with Gasteiger partial charge < -0.3 is 4.42 Å². The lowest BCUT2D eigenvalue weighted by Gasteiger charge is -2.30. The van der Waals surface area contributed by atoms with Crippen LogP contribution >= 0.6 is 0 Å². The van der Waals surface area contributed by atoms with Crippen molar-refractivity contribution in [3.8, 4) is 11.5 Å². The third-order valence-electron chi connectivity index (χ3n) is 4.13. The van der Waals surface area contributed by atoms with Gasteiger partial charge in [0.2, 0.25) is 15.9 Å². The maximum Gasteiger partial charge on any atom is 0.226 e. The molecule has 1 aliphatic rings. The normalized spacial score (nSPS) is 17.4. The minimum absolute atomic E-state index is 0.0846. The molecular weight excluding hydrogens is 314 g/mol. The van der Waals surface area contributed by atoms with Crippen molar-refractivity contribution in [2.75, 3.05) is 18.8 Å². The van der Waals surface area contributed by atoms with E-state index >= 15 is 0 Å². The van der Waals surface area contributed by atoms with Crippen LogP contribution in [0.4, 0.5) is 0 Å². The fraction of sp³-hybridized carbons (Fsp3) is 0.438. The summed E-state index contributed by atoms with van der Waals surface area (Å²) in [5.74, 6) is 1.70. The summed E-state index contributed by atoms with van der Waals surface area (Å²) >= 11 is 0. The van der Waals surface area contributed by atoms with Gasteiger partial charge in [-0.25, -0.2) is 18.5 Å². The fourth-order valence-electron chi connectivity index (χ4n) is 2.95. The van der Waals surface area contributed by atoms with Crippen molar-refractivity contribution in [2.24, 2.45) is 11.1 Å². The van der Waals surface area contributed by atoms with Crippen molar-refractivity contribution < 1.29 is 12.8 Å². The Morgan fingerprint density at radius 1 is 1.22 bits per heavy atom. The smallest absolute Gasteiger partial charge is 0.226 e. The Balaban J connectivity index is 1.54. The average molecular weight is 335 g/mol. The summed E-state index contributed by atoms with van der Waals surface area (Å²) in [6.45, 7) is 2.39. The molecule has 1 aromatic carbocycles. The summed E-state index contributed by atoms with van der Waals surface area (Å²) < 4.78 is 28.1. The highest BCUT2D eigenvalue weighted by Gasteiger charge is 2.23. The van der Waals surface area contributed by atoms with Gasteiger partial charge in [-0.1, -0.05) is 18.2 Å². The van der Waals surface area contributed by atoms with E-state index < -0.39 is 10.0 Å². The summed E-state index contributed by atoms with van der Waals surface area (Å²) in [5, 5.41) is 5.12. The highest BCUT2D eigenvalue weighted by molar-refractivity contribution is 7.89. The SMILES string of the molecule is NS(=O)(=O)CC1CCN(Cc2cnc(-c3ccccc3)o2)CC1. The van der Waals surface area contributed by atoms with Crippen molar-refractivity contribution in [3.63, 3.8) is 0 Å². The van der Waals surface area contributed by atoms with Gasteiger partial charge in [-0.05, 0) is 44.0 Å². The van der Waals surface area contributed by atoms with E-state index in [2.05, 4.69) is 9.88 Å². The highest BCUT2D eigenvalue weighted by atomic mass is 32.2. The molecule has 124 valence electrons. The van der Waals surface area contributed by atoms with Crippen LogP contribution < -0.4 is 5.14 Å². The molecule has 0 bridgehead atoms. The molecule has 0 atom stereocenters. The van der Waals surface area contributed by atoms with E-state index in [1.54, 1.807) is 6.20 Å². The molecular formula is C16H21N3O3S. The van der Waals surface area contributed by atoms with Crippen molar-refractivity contribution in [2.45, 2.75) is 19.4 Å². The van der Waals surface area contributed by atoms with Gasteiger partial charge in [0, 0.05) is 5.56 Å². The van der Waals surface area contributed by atoms with E-state index in [1.807, 2.05) is 30.3 Å². The van der Waals surface area contributed by atoms with E-state index in [9.17, 15) is 8.42 Å². The number of hydrogen-bond acceptors (Lipinski definition) is 5. The number of nitrogens with zero attached hydrogens (tertiary/aromatic N) is 2. The number of sulfonamides is 1. The van der Waals surface area contributed by atoms with Crippen LogP contribution in [0.5, 0.6) is 0 Å². The van der Waals surface area contributed by atoms with Gasteiger partial charge in [-0.3, -0.25) is 4.90 Å². The van der Waals surface area contributed by atoms with E-state index in [4.69, 9.17) is 9.56 Å². The third-order valence-corrected chi connectivity index (χ3v) is 5.06. The van der Waals surface area contributed by atoms with Crippen molar-refractivity contribution in [1.82, 2.24) is 9.88 Å². The van der Waals surface area contributed by atoms with E-state index in [0.29, 0.717) is 12.4 Å². The van der Waals surface area contributed by atoms with Crippen LogP contribution in [0.15, 0.2) is 40.9 Å². The summed E-state index contributed by atoms with van der Waals surface area (Å²) in [6, 6.07) is 9.80. The Hall–Kier alpha value is -1.70. The molecule has 3 rings (SSSR count). The maximum absolute atomic E-state index is 11.2. The van der Waals surface area contributed by atoms with Crippen LogP contribution in [0.3, 0.4) is 0 Å². The molecule has 1 saturated heterocycles. The predicted octanol–water partition coefficient (Wildman–Crippen LogP) is 1.84. The quantitative estimate of drug-likeness (QED) is 0.900. The topological polar surface area (TPSA) is 89.4 Å². The number of rotatable bonds is 5. The zero-order valence-corrected chi connectivity index (χ0v) is 13.7. The van der Waals surface area contributed by atoms with Gasteiger partial charge in [0.25, 0.3) is 0 Å². The van der Waals surface area contributed by atoms with Gasteiger partial charge in [-0.15, -0.1) is 0 Å². The number of hydrogen-bond donors (Lipinski definition) is 1. The van der Waals surface area contributed by atoms with E-state index in [0.717, 1.165) is 37.3 Å². The summed E-state index contributed by atoms with van der Waals surface area (Å²) in [6.07, 6.45) is 3.45. The predicted molar refractivity (Wildman–Crippen MR) is 87.9 cm³/mol. The number of benzene rings is 1. The molecule has 2 heterocycles. The minimum atomic E-state index is -3.37. The van der Waals surface area contributed by atoms with Crippen molar-refractivity contribution in [1.29, 1.82) is 0 Å². The first-order valence-electron chi connectivity index (χ1n) is 7.72. The van der Waals surface area contributed by atoms with Gasteiger partial charge in [0.15, 0.2) is 0 Å². The molecule has 7 heteroatoms. The zero-order chi connectivity index (χ0) is 16.3. The number of aromatic nitrogens is 1. The van der Waals surface area contributed by atoms with Crippen molar-refractivity contribution >= 4 is 10.0 Å². The lowest BCUT2D eigenvalue weighted by Crippen LogP contribution is -2.36. The number of likely N-dealkylation sites (tertiary alicyclic amines) is 1. The fourth-order valence-corrected chi connectivity index (χ4v) is 3.95. The zero-order valence-electron chi connectivity index (χ0n) is 12.9. The molecule has 0 spiro atoms. The Kier molecular flexibility index (Phi) is 4.79. The van der Waals surface area contributed by atoms with Crippen LogP contribution in [0, 0.1) is 5.92 Å². The van der Waals surface area contributed by atoms with Gasteiger partial charge in [-0.2, -0.15) is 0 Å². The molecule has 1 aliphatic heterocycles. The Morgan fingerprint density at radius 3 is 2.57 bits per heavy atom. The molecule has 0 radical (unpaired) electrons. The van der Waals surface area contributed by atoms with Crippen LogP contribution in [-0.4, -0.2) is 37.1 Å². The minimum Gasteiger partial charge on any atom is -0.440 e. The lowest BCUT2D eigenvalue weighted by atomic mass is 9.99. The summed E-state index contributed by atoms with van der Waals surface area (Å²) in [4.78, 5) is 6.59. The van der Waals surface area contributed by atoms with E-state index in [1.165, 1.54) is 0 Å². The van der Waals surface area contributed by atoms with Crippen LogP contribution in [0.2, 0.25) is 0 Å².